The largest absolute Gasteiger partial charge is 0.394 e. The third kappa shape index (κ3) is 21.2. The van der Waals surface area contributed by atoms with Crippen LogP contribution in [0.2, 0.25) is 0 Å². The second-order valence-electron chi connectivity index (χ2n) is 21.0. The number of nitrogens with one attached hydrogen (secondary N) is 11. The first kappa shape index (κ1) is 67.8. The van der Waals surface area contributed by atoms with Gasteiger partial charge in [0, 0.05) is 57.8 Å². The van der Waals surface area contributed by atoms with Crippen LogP contribution in [0.15, 0.2) is 0 Å². The number of aliphatic hydroxyl groups is 4. The van der Waals surface area contributed by atoms with E-state index in [0.717, 1.165) is 0 Å². The maximum Gasteiger partial charge on any atom is 0.279 e. The quantitative estimate of drug-likeness (QED) is 0.0137. The fourth-order valence-electron chi connectivity index (χ4n) is 10.7. The van der Waals surface area contributed by atoms with Gasteiger partial charge in [-0.25, -0.2) is 10.1 Å². The summed E-state index contributed by atoms with van der Waals surface area (Å²) in [6.07, 6.45) is -1.46. The summed E-state index contributed by atoms with van der Waals surface area (Å²) in [6.45, 7) is -2.50. The third-order valence-corrected chi connectivity index (χ3v) is 15.0. The molecule has 33 heteroatoms. The number of aliphatic hydroxyl groups excluding tert-OH is 4. The molecule has 14 atom stereocenters. The molecule has 0 spiro atoms. The van der Waals surface area contributed by atoms with Gasteiger partial charge < -0.3 is 84.6 Å². The Hall–Kier alpha value is -6.72. The molecular weight excluding hydrogens is 1090 g/mol. The molecule has 0 radical (unpaired) electrons. The Morgan fingerprint density at radius 3 is 2.05 bits per heavy atom. The molecule has 0 bridgehead atoms. The molecule has 33 nitrogen and oxygen atoms in total. The van der Waals surface area contributed by atoms with Gasteiger partial charge in [0.15, 0.2) is 12.2 Å². The Labute approximate surface area is 472 Å². The summed E-state index contributed by atoms with van der Waals surface area (Å²) in [5.41, 5.74) is 11.0. The van der Waals surface area contributed by atoms with Crippen molar-refractivity contribution in [3.63, 3.8) is 0 Å². The van der Waals surface area contributed by atoms with Gasteiger partial charge in [-0.2, -0.15) is 0 Å². The van der Waals surface area contributed by atoms with E-state index in [-0.39, 0.29) is 141 Å². The molecular formula is C49H84N15O18+. The lowest BCUT2D eigenvalue weighted by molar-refractivity contribution is -0.983. The van der Waals surface area contributed by atoms with Gasteiger partial charge in [-0.05, 0) is 83.6 Å². The Kier molecular flexibility index (Phi) is 28.6. The number of nitrogens with zero attached hydrogens (tertiary/aromatic N) is 2. The molecule has 3 heterocycles. The molecule has 3 saturated heterocycles. The summed E-state index contributed by atoms with van der Waals surface area (Å²) in [7, 11) is 0. The number of carbonyl (C=O) groups is 12. The summed E-state index contributed by atoms with van der Waals surface area (Å²) in [5, 5.41) is 87.9. The van der Waals surface area contributed by atoms with Crippen molar-refractivity contribution < 1.29 is 93.3 Å². The highest BCUT2D eigenvalue weighted by atomic mass is 16.5. The van der Waals surface area contributed by atoms with Gasteiger partial charge in [0.25, 0.3) is 5.91 Å². The van der Waals surface area contributed by atoms with Gasteiger partial charge in [-0.3, -0.25) is 73.3 Å². The molecule has 12 amide bonds. The van der Waals surface area contributed by atoms with E-state index in [4.69, 9.17) is 11.5 Å². The van der Waals surface area contributed by atoms with Gasteiger partial charge in [-0.1, -0.05) is 0 Å². The predicted molar refractivity (Wildman–Crippen MR) is 281 cm³/mol. The highest BCUT2D eigenvalue weighted by molar-refractivity contribution is 5.97. The van der Waals surface area contributed by atoms with Gasteiger partial charge in [0.2, 0.25) is 66.0 Å². The van der Waals surface area contributed by atoms with Crippen molar-refractivity contribution in [1.29, 1.82) is 0 Å². The number of carbonyl (C=O) groups excluding carboxylic acids is 12. The summed E-state index contributed by atoms with van der Waals surface area (Å²) >= 11 is 0. The van der Waals surface area contributed by atoms with Crippen LogP contribution in [0.5, 0.6) is 0 Å². The first-order chi connectivity index (χ1) is 39.1. The highest BCUT2D eigenvalue weighted by Crippen LogP contribution is 2.32. The van der Waals surface area contributed by atoms with Crippen molar-refractivity contribution in [2.24, 2.45) is 17.4 Å². The number of piperidine rings is 1. The van der Waals surface area contributed by atoms with E-state index < -0.39 is 146 Å². The van der Waals surface area contributed by atoms with E-state index in [0.29, 0.717) is 34.3 Å². The number of quaternary nitrogens is 1. The van der Waals surface area contributed by atoms with Gasteiger partial charge in [0.1, 0.15) is 36.3 Å². The minimum Gasteiger partial charge on any atom is -0.394 e. The lowest BCUT2D eigenvalue weighted by Crippen LogP contribution is -3.29. The fraction of sp³-hybridized carbons (Fsp3) is 0.755. The molecule has 14 unspecified atom stereocenters. The molecule has 0 aromatic rings. The number of amides is 12. The summed E-state index contributed by atoms with van der Waals surface area (Å²) in [6, 6.07) is -10.5. The normalized spacial score (nSPS) is 26.8. The lowest BCUT2D eigenvalue weighted by Gasteiger charge is -2.54. The molecule has 1 saturated carbocycles. The Balaban J connectivity index is 1.47. The molecule has 21 N–H and O–H groups in total. The van der Waals surface area contributed by atoms with Gasteiger partial charge in [-0.15, -0.1) is 0 Å². The van der Waals surface area contributed by atoms with Crippen LogP contribution in [0.3, 0.4) is 0 Å². The van der Waals surface area contributed by atoms with E-state index in [1.54, 1.807) is 0 Å². The van der Waals surface area contributed by atoms with Crippen molar-refractivity contribution in [3.05, 3.63) is 0 Å². The van der Waals surface area contributed by atoms with Crippen LogP contribution in [-0.4, -0.2) is 238 Å². The number of rotatable bonds is 30. The average molecular weight is 1170 g/mol. The lowest BCUT2D eigenvalue weighted by atomic mass is 9.72. The van der Waals surface area contributed by atoms with Gasteiger partial charge >= 0.3 is 0 Å². The fourth-order valence-corrected chi connectivity index (χ4v) is 10.7. The van der Waals surface area contributed by atoms with Crippen molar-refractivity contribution in [3.8, 4) is 0 Å². The predicted octanol–water partition coefficient (Wildman–Crippen LogP) is -10.1. The van der Waals surface area contributed by atoms with E-state index >= 15 is 0 Å². The molecule has 0 aromatic carbocycles. The second-order valence-corrected chi connectivity index (χ2v) is 21.0. The summed E-state index contributed by atoms with van der Waals surface area (Å²) < 4.78 is 0. The highest BCUT2D eigenvalue weighted by Gasteiger charge is 2.56. The van der Waals surface area contributed by atoms with Crippen LogP contribution >= 0.6 is 0 Å². The van der Waals surface area contributed by atoms with Crippen molar-refractivity contribution in [1.82, 2.24) is 63.3 Å². The SMILES string of the molecule is NCCCCC(NC(=O)C(CO)NC(=O)C1CCNC2C(NC(=O)CCC(N)=O)CC3CC(O)C(O)CC3[NH+]12)C(=O)NCC(=O)NC(CCCN(O)C=O)C(=O)NC1CCCCNC(=O)C(CO)NC(=O)C(CCCN(O)C=O)NC1=O. The number of fused-ring (bicyclic) bond motifs is 3. The van der Waals surface area contributed by atoms with E-state index in [1.165, 1.54) is 0 Å². The van der Waals surface area contributed by atoms with Crippen LogP contribution in [0, 0.1) is 5.92 Å². The standard InChI is InChI=1S/C49H83N15O18/c50-14-3-1-7-28(57-48(79)34(24-66)61-49(80)35-13-16-52-42-32(56-40(72)12-11-39(51)71)19-27-20-37(69)38(70)21-36(27)64(35)42)43(74)54-22-41(73)55-29(9-5-17-62(81)25-67)45(76)58-30-8-2-4-15-53-44(75)33(23-65)60-47(78)31(59-46(30)77)10-6-18-63(82)26-68/h25-38,42,52,65-66,69-70,81-82H,1-24,50H2,(H2,51,71)(H,53,75)(H,54,74)(H,55,73)(H,56,72)(H,57,79)(H,58,76)(H,59,77)(H,60,78)(H,61,80)/p+1. The van der Waals surface area contributed by atoms with Crippen LogP contribution in [0.4, 0.5) is 0 Å². The average Bonchev–Trinajstić information content (AvgIpc) is 1.58. The zero-order chi connectivity index (χ0) is 60.5. The van der Waals surface area contributed by atoms with E-state index in [9.17, 15) is 88.4 Å². The topological polar surface area (TPSA) is 509 Å². The van der Waals surface area contributed by atoms with Crippen LogP contribution < -0.4 is 69.5 Å². The molecule has 82 heavy (non-hydrogen) atoms. The van der Waals surface area contributed by atoms with Crippen molar-refractivity contribution in [2.45, 2.75) is 175 Å². The Morgan fingerprint density at radius 1 is 0.707 bits per heavy atom. The minimum absolute atomic E-state index is 0.0292. The van der Waals surface area contributed by atoms with Crippen LogP contribution in [-0.2, 0) is 57.5 Å². The molecule has 0 aromatic heterocycles. The maximum absolute atomic E-state index is 14.3. The molecule has 4 fully saturated rings. The van der Waals surface area contributed by atoms with E-state index in [1.807, 2.05) is 0 Å². The molecule has 4 aliphatic rings. The molecule has 462 valence electrons. The third-order valence-electron chi connectivity index (χ3n) is 15.0. The molecule has 4 rings (SSSR count). The number of nitrogens with two attached hydrogens (primary N) is 2. The maximum atomic E-state index is 14.3. The van der Waals surface area contributed by atoms with E-state index in [2.05, 4.69) is 53.2 Å². The molecule has 1 aliphatic carbocycles. The number of unbranched alkanes of at least 4 members (excludes halogenated alkanes) is 1. The number of hydrogen-bond donors (Lipinski definition) is 19. The number of hydrogen-bond acceptors (Lipinski definition) is 20. The number of hydroxylamine groups is 4. The first-order valence-electron chi connectivity index (χ1n) is 27.8. The number of primary amides is 1. The molecule has 3 aliphatic heterocycles. The zero-order valence-electron chi connectivity index (χ0n) is 45.8. The minimum atomic E-state index is -1.61. The summed E-state index contributed by atoms with van der Waals surface area (Å²) in [5.74, 6) is -8.32. The Morgan fingerprint density at radius 2 is 1.38 bits per heavy atom. The van der Waals surface area contributed by atoms with Crippen LogP contribution in [0.1, 0.15) is 103 Å². The monoisotopic (exact) mass is 1170 g/mol. The Bertz CT molecular complexity index is 2200. The zero-order valence-corrected chi connectivity index (χ0v) is 45.8. The van der Waals surface area contributed by atoms with Crippen molar-refractivity contribution >= 4 is 71.9 Å². The van der Waals surface area contributed by atoms with Crippen molar-refractivity contribution in [2.75, 3.05) is 52.5 Å². The second kappa shape index (κ2) is 34.7. The van der Waals surface area contributed by atoms with Crippen LogP contribution in [0.25, 0.3) is 0 Å². The summed E-state index contributed by atoms with van der Waals surface area (Å²) in [4.78, 5) is 157. The van der Waals surface area contributed by atoms with Gasteiger partial charge in [0.05, 0.1) is 44.1 Å². The smallest absolute Gasteiger partial charge is 0.279 e. The first-order valence-corrected chi connectivity index (χ1v) is 27.8.